The second-order valence-electron chi connectivity index (χ2n) is 4.41. The van der Waals surface area contributed by atoms with E-state index >= 15 is 0 Å². The van der Waals surface area contributed by atoms with Crippen LogP contribution in [0.1, 0.15) is 29.6 Å². The quantitative estimate of drug-likeness (QED) is 0.764. The summed E-state index contributed by atoms with van der Waals surface area (Å²) in [7, 11) is 1.54. The zero-order valence-electron chi connectivity index (χ0n) is 10.0. The number of carbonyl (C=O) groups is 1. The predicted molar refractivity (Wildman–Crippen MR) is 67.1 cm³/mol. The Morgan fingerprint density at radius 2 is 2.29 bits per heavy atom. The smallest absolute Gasteiger partial charge is 0.257 e. The van der Waals surface area contributed by atoms with Gasteiger partial charge in [0.25, 0.3) is 5.91 Å². The summed E-state index contributed by atoms with van der Waals surface area (Å²) in [5.41, 5.74) is 6.69. The van der Waals surface area contributed by atoms with Gasteiger partial charge in [-0.2, -0.15) is 0 Å². The molecule has 0 aliphatic heterocycles. The van der Waals surface area contributed by atoms with E-state index in [9.17, 15) is 4.79 Å². The van der Waals surface area contributed by atoms with Gasteiger partial charge < -0.3 is 15.8 Å². The molecular formula is C13H18N2O2. The number of benzene rings is 1. The molecule has 0 atom stereocenters. The fourth-order valence-corrected chi connectivity index (χ4v) is 1.85. The van der Waals surface area contributed by atoms with Crippen LogP contribution in [0.15, 0.2) is 18.2 Å². The zero-order chi connectivity index (χ0) is 12.3. The number of methoxy groups -OCH3 is 1. The number of carbonyl (C=O) groups excluding carboxylic acids is 1. The predicted octanol–water partition coefficient (Wildman–Crippen LogP) is 1.81. The summed E-state index contributed by atoms with van der Waals surface area (Å²) < 4.78 is 5.15. The van der Waals surface area contributed by atoms with E-state index in [2.05, 4.69) is 5.32 Å². The van der Waals surface area contributed by atoms with Crippen LogP contribution in [0.25, 0.3) is 0 Å². The first kappa shape index (κ1) is 11.8. The van der Waals surface area contributed by atoms with Crippen molar-refractivity contribution < 1.29 is 9.53 Å². The summed E-state index contributed by atoms with van der Waals surface area (Å²) in [4.78, 5) is 12.0. The van der Waals surface area contributed by atoms with Crippen LogP contribution in [0.2, 0.25) is 0 Å². The van der Waals surface area contributed by atoms with E-state index in [1.807, 2.05) is 0 Å². The maximum Gasteiger partial charge on any atom is 0.257 e. The minimum atomic E-state index is -0.152. The molecule has 0 aromatic heterocycles. The van der Waals surface area contributed by atoms with Crippen molar-refractivity contribution in [3.63, 3.8) is 0 Å². The fraction of sp³-hybridized carbons (Fsp3) is 0.462. The van der Waals surface area contributed by atoms with Gasteiger partial charge in [0.2, 0.25) is 0 Å². The van der Waals surface area contributed by atoms with Crippen LogP contribution in [-0.4, -0.2) is 19.6 Å². The Kier molecular flexibility index (Phi) is 3.52. The molecule has 1 fully saturated rings. The minimum absolute atomic E-state index is 0.152. The van der Waals surface area contributed by atoms with Crippen molar-refractivity contribution in [3.05, 3.63) is 23.8 Å². The first-order valence-corrected chi connectivity index (χ1v) is 5.93. The van der Waals surface area contributed by atoms with E-state index in [0.717, 1.165) is 12.3 Å². The van der Waals surface area contributed by atoms with Gasteiger partial charge in [-0.25, -0.2) is 0 Å². The molecule has 17 heavy (non-hydrogen) atoms. The molecule has 0 heterocycles. The molecule has 1 aromatic rings. The van der Waals surface area contributed by atoms with Crippen molar-refractivity contribution in [1.82, 2.24) is 5.32 Å². The van der Waals surface area contributed by atoms with Crippen molar-refractivity contribution in [2.45, 2.75) is 19.3 Å². The van der Waals surface area contributed by atoms with Gasteiger partial charge in [0, 0.05) is 12.2 Å². The Hall–Kier alpha value is -1.71. The lowest BCUT2D eigenvalue weighted by Crippen LogP contribution is -2.26. The van der Waals surface area contributed by atoms with E-state index in [1.54, 1.807) is 18.2 Å². The van der Waals surface area contributed by atoms with Crippen molar-refractivity contribution in [2.24, 2.45) is 5.92 Å². The maximum absolute atomic E-state index is 12.0. The number of nitrogens with one attached hydrogen (secondary N) is 1. The number of hydrogen-bond donors (Lipinski definition) is 2. The summed E-state index contributed by atoms with van der Waals surface area (Å²) in [6, 6.07) is 5.22. The number of nitrogen functional groups attached to an aromatic ring is 1. The summed E-state index contributed by atoms with van der Waals surface area (Å²) in [6.45, 7) is 0.709. The molecule has 1 aliphatic rings. The highest BCUT2D eigenvalue weighted by Crippen LogP contribution is 2.31. The van der Waals surface area contributed by atoms with Gasteiger partial charge in [-0.05, 0) is 24.5 Å². The molecule has 4 heteroatoms. The molecule has 1 aromatic carbocycles. The molecule has 0 radical (unpaired) electrons. The van der Waals surface area contributed by atoms with Gasteiger partial charge in [-0.3, -0.25) is 4.79 Å². The molecule has 1 amide bonds. The molecule has 0 bridgehead atoms. The van der Waals surface area contributed by atoms with Crippen LogP contribution in [0.5, 0.6) is 5.75 Å². The number of hydrogen-bond acceptors (Lipinski definition) is 3. The number of amides is 1. The van der Waals surface area contributed by atoms with Crippen LogP contribution in [0, 0.1) is 5.92 Å². The van der Waals surface area contributed by atoms with E-state index in [0.29, 0.717) is 23.5 Å². The van der Waals surface area contributed by atoms with E-state index in [-0.39, 0.29) is 5.91 Å². The fourth-order valence-electron chi connectivity index (χ4n) is 1.85. The highest BCUT2D eigenvalue weighted by Gasteiger charge is 2.21. The Morgan fingerprint density at radius 3 is 2.94 bits per heavy atom. The van der Waals surface area contributed by atoms with Gasteiger partial charge in [-0.1, -0.05) is 18.9 Å². The second-order valence-corrected chi connectivity index (χ2v) is 4.41. The summed E-state index contributed by atoms with van der Waals surface area (Å²) in [5, 5.41) is 2.89. The molecule has 1 aliphatic carbocycles. The van der Waals surface area contributed by atoms with Crippen molar-refractivity contribution >= 4 is 11.6 Å². The highest BCUT2D eigenvalue weighted by atomic mass is 16.5. The third-order valence-electron chi connectivity index (χ3n) is 3.04. The second kappa shape index (κ2) is 5.08. The summed E-state index contributed by atoms with van der Waals surface area (Å²) in [6.07, 6.45) is 3.65. The number of anilines is 1. The lowest BCUT2D eigenvalue weighted by atomic mass is 10.1. The molecular weight excluding hydrogens is 216 g/mol. The van der Waals surface area contributed by atoms with Gasteiger partial charge in [0.1, 0.15) is 11.3 Å². The van der Waals surface area contributed by atoms with Gasteiger partial charge in [-0.15, -0.1) is 0 Å². The third kappa shape index (κ3) is 2.90. The van der Waals surface area contributed by atoms with E-state index < -0.39 is 0 Å². The van der Waals surface area contributed by atoms with Crippen LogP contribution >= 0.6 is 0 Å². The molecule has 92 valence electrons. The molecule has 0 unspecified atom stereocenters. The summed E-state index contributed by atoms with van der Waals surface area (Å²) >= 11 is 0. The molecule has 3 N–H and O–H groups in total. The topological polar surface area (TPSA) is 64.3 Å². The first-order chi connectivity index (χ1) is 8.22. The van der Waals surface area contributed by atoms with Crippen molar-refractivity contribution in [2.75, 3.05) is 19.4 Å². The minimum Gasteiger partial charge on any atom is -0.496 e. The maximum atomic E-state index is 12.0. The van der Waals surface area contributed by atoms with Crippen LogP contribution < -0.4 is 15.8 Å². The lowest BCUT2D eigenvalue weighted by Gasteiger charge is -2.11. The molecule has 1 saturated carbocycles. The van der Waals surface area contributed by atoms with Gasteiger partial charge in [0.05, 0.1) is 7.11 Å². The third-order valence-corrected chi connectivity index (χ3v) is 3.04. The van der Waals surface area contributed by atoms with Crippen LogP contribution in [0.4, 0.5) is 5.69 Å². The monoisotopic (exact) mass is 234 g/mol. The van der Waals surface area contributed by atoms with Crippen LogP contribution in [-0.2, 0) is 0 Å². The molecule has 4 nitrogen and oxygen atoms in total. The Morgan fingerprint density at radius 1 is 1.53 bits per heavy atom. The average molecular weight is 234 g/mol. The van der Waals surface area contributed by atoms with Crippen LogP contribution in [0.3, 0.4) is 0 Å². The Labute approximate surface area is 101 Å². The molecule has 2 rings (SSSR count). The Balaban J connectivity index is 2.00. The Bertz CT molecular complexity index is 414. The standard InChI is InChI=1S/C13H18N2O2/c1-17-11-4-2-3-10(14)12(11)13(16)15-8-7-9-5-6-9/h2-4,9H,5-8,14H2,1H3,(H,15,16). The first-order valence-electron chi connectivity index (χ1n) is 5.93. The van der Waals surface area contributed by atoms with Crippen molar-refractivity contribution in [1.29, 1.82) is 0 Å². The van der Waals surface area contributed by atoms with Crippen molar-refractivity contribution in [3.8, 4) is 5.75 Å². The van der Waals surface area contributed by atoms with Gasteiger partial charge in [0.15, 0.2) is 0 Å². The SMILES string of the molecule is COc1cccc(N)c1C(=O)NCCC1CC1. The number of rotatable bonds is 5. The average Bonchev–Trinajstić information content (AvgIpc) is 3.12. The zero-order valence-corrected chi connectivity index (χ0v) is 10.0. The normalized spacial score (nSPS) is 14.4. The van der Waals surface area contributed by atoms with Gasteiger partial charge >= 0.3 is 0 Å². The lowest BCUT2D eigenvalue weighted by molar-refractivity contribution is 0.0950. The largest absolute Gasteiger partial charge is 0.496 e. The molecule has 0 spiro atoms. The highest BCUT2D eigenvalue weighted by molar-refractivity contribution is 6.01. The van der Waals surface area contributed by atoms with E-state index in [1.165, 1.54) is 20.0 Å². The van der Waals surface area contributed by atoms with E-state index in [4.69, 9.17) is 10.5 Å². The number of nitrogens with two attached hydrogens (primary N) is 1. The number of ether oxygens (including phenoxy) is 1. The molecule has 0 saturated heterocycles. The summed E-state index contributed by atoms with van der Waals surface area (Å²) in [5.74, 6) is 1.18.